The Morgan fingerprint density at radius 3 is 2.59 bits per heavy atom. The van der Waals surface area contributed by atoms with E-state index in [0.717, 1.165) is 39.2 Å². The average Bonchev–Trinajstić information content (AvgIpc) is 2.79. The molecule has 17 heavy (non-hydrogen) atoms. The first kappa shape index (κ1) is 12.8. The molecule has 1 atom stereocenters. The van der Waals surface area contributed by atoms with Crippen molar-refractivity contribution in [3.8, 4) is 0 Å². The molecule has 5 nitrogen and oxygen atoms in total. The lowest BCUT2D eigenvalue weighted by Gasteiger charge is -2.35. The van der Waals surface area contributed by atoms with Gasteiger partial charge in [0, 0.05) is 51.2 Å². The van der Waals surface area contributed by atoms with Crippen molar-refractivity contribution in [3.63, 3.8) is 0 Å². The van der Waals surface area contributed by atoms with E-state index in [2.05, 4.69) is 11.9 Å². The van der Waals surface area contributed by atoms with Crippen molar-refractivity contribution in [1.29, 1.82) is 0 Å². The van der Waals surface area contributed by atoms with Gasteiger partial charge in [-0.3, -0.25) is 4.79 Å². The predicted molar refractivity (Wildman–Crippen MR) is 65.6 cm³/mol. The molecule has 2 heterocycles. The van der Waals surface area contributed by atoms with Crippen LogP contribution in [-0.2, 0) is 9.53 Å². The molecule has 1 unspecified atom stereocenters. The number of hydrogen-bond acceptors (Lipinski definition) is 4. The molecule has 0 aromatic heterocycles. The molecule has 0 radical (unpaired) electrons. The minimum atomic E-state index is -0.0968. The third kappa shape index (κ3) is 2.97. The smallest absolute Gasteiger partial charge is 0.223 e. The van der Waals surface area contributed by atoms with Gasteiger partial charge in [-0.2, -0.15) is 0 Å². The normalized spacial score (nSPS) is 30.8. The first-order valence-corrected chi connectivity index (χ1v) is 6.39. The summed E-state index contributed by atoms with van der Waals surface area (Å²) in [4.78, 5) is 16.4. The number of nitrogens with two attached hydrogens (primary N) is 1. The first-order valence-electron chi connectivity index (χ1n) is 6.39. The third-order valence-electron chi connectivity index (χ3n) is 4.00. The van der Waals surface area contributed by atoms with Gasteiger partial charge in [-0.05, 0) is 13.5 Å². The van der Waals surface area contributed by atoms with Crippen molar-refractivity contribution >= 4 is 5.91 Å². The molecule has 2 rings (SSSR count). The van der Waals surface area contributed by atoms with Crippen LogP contribution in [0.2, 0.25) is 0 Å². The maximum atomic E-state index is 12.2. The van der Waals surface area contributed by atoms with Gasteiger partial charge in [0.1, 0.15) is 0 Å². The Balaban J connectivity index is 1.87. The van der Waals surface area contributed by atoms with Gasteiger partial charge in [0.25, 0.3) is 0 Å². The summed E-state index contributed by atoms with van der Waals surface area (Å²) in [6, 6.07) is 0. The molecular formula is C12H23N3O2. The van der Waals surface area contributed by atoms with E-state index >= 15 is 0 Å². The van der Waals surface area contributed by atoms with Gasteiger partial charge >= 0.3 is 0 Å². The van der Waals surface area contributed by atoms with E-state index < -0.39 is 0 Å². The van der Waals surface area contributed by atoms with Gasteiger partial charge in [-0.25, -0.2) is 0 Å². The van der Waals surface area contributed by atoms with E-state index in [4.69, 9.17) is 10.5 Å². The van der Waals surface area contributed by atoms with Crippen molar-refractivity contribution in [3.05, 3.63) is 0 Å². The van der Waals surface area contributed by atoms with Gasteiger partial charge in [0.15, 0.2) is 0 Å². The average molecular weight is 241 g/mol. The maximum absolute atomic E-state index is 12.2. The van der Waals surface area contributed by atoms with Crippen LogP contribution in [0.4, 0.5) is 0 Å². The Bertz CT molecular complexity index is 269. The van der Waals surface area contributed by atoms with Gasteiger partial charge in [0.2, 0.25) is 5.91 Å². The first-order chi connectivity index (χ1) is 8.15. The molecule has 98 valence electrons. The summed E-state index contributed by atoms with van der Waals surface area (Å²) in [6.45, 7) is 5.56. The van der Waals surface area contributed by atoms with E-state index in [0.29, 0.717) is 19.6 Å². The van der Waals surface area contributed by atoms with Crippen LogP contribution in [0.1, 0.15) is 12.8 Å². The van der Waals surface area contributed by atoms with Gasteiger partial charge in [-0.1, -0.05) is 0 Å². The number of nitrogens with zero attached hydrogens (tertiary/aromatic N) is 2. The third-order valence-corrected chi connectivity index (χ3v) is 4.00. The molecule has 1 amide bonds. The fourth-order valence-electron chi connectivity index (χ4n) is 2.51. The molecule has 0 aromatic carbocycles. The highest BCUT2D eigenvalue weighted by Crippen LogP contribution is 2.31. The molecule has 5 heteroatoms. The summed E-state index contributed by atoms with van der Waals surface area (Å²) in [7, 11) is 2.09. The number of carbonyl (C=O) groups excluding carboxylic acids is 1. The lowest BCUT2D eigenvalue weighted by Crippen LogP contribution is -2.49. The lowest BCUT2D eigenvalue weighted by molar-refractivity contribution is -0.135. The monoisotopic (exact) mass is 241 g/mol. The van der Waals surface area contributed by atoms with Crippen LogP contribution < -0.4 is 5.73 Å². The highest BCUT2D eigenvalue weighted by atomic mass is 16.5. The molecule has 0 aliphatic carbocycles. The molecular weight excluding hydrogens is 218 g/mol. The zero-order valence-corrected chi connectivity index (χ0v) is 10.7. The van der Waals surface area contributed by atoms with Crippen molar-refractivity contribution in [2.75, 3.05) is 53.0 Å². The largest absolute Gasteiger partial charge is 0.381 e. The second-order valence-electron chi connectivity index (χ2n) is 5.37. The lowest BCUT2D eigenvalue weighted by atomic mass is 9.83. The number of ether oxygens (including phenoxy) is 1. The predicted octanol–water partition coefficient (Wildman–Crippen LogP) is -0.484. The number of likely N-dealkylation sites (N-methyl/N-ethyl adjacent to an activating group) is 1. The minimum absolute atomic E-state index is 0.0968. The van der Waals surface area contributed by atoms with E-state index in [9.17, 15) is 4.79 Å². The Labute approximate surface area is 103 Å². The number of amides is 1. The Morgan fingerprint density at radius 2 is 2.06 bits per heavy atom. The van der Waals surface area contributed by atoms with Crippen molar-refractivity contribution < 1.29 is 9.53 Å². The van der Waals surface area contributed by atoms with Crippen molar-refractivity contribution in [2.45, 2.75) is 12.8 Å². The Kier molecular flexibility index (Phi) is 4.01. The highest BCUT2D eigenvalue weighted by molar-refractivity contribution is 5.77. The van der Waals surface area contributed by atoms with E-state index in [1.165, 1.54) is 0 Å². The zero-order valence-electron chi connectivity index (χ0n) is 10.7. The molecule has 2 aliphatic heterocycles. The maximum Gasteiger partial charge on any atom is 0.223 e. The quantitative estimate of drug-likeness (QED) is 0.725. The van der Waals surface area contributed by atoms with E-state index in [1.54, 1.807) is 0 Å². The zero-order chi connectivity index (χ0) is 12.3. The second-order valence-corrected chi connectivity index (χ2v) is 5.37. The summed E-state index contributed by atoms with van der Waals surface area (Å²) in [5, 5.41) is 0. The SMILES string of the molecule is CN1CCN(C(=O)CC2(CN)CCOC2)CC1. The summed E-state index contributed by atoms with van der Waals surface area (Å²) in [6.07, 6.45) is 1.47. The molecule has 0 saturated carbocycles. The van der Waals surface area contributed by atoms with Crippen molar-refractivity contribution in [1.82, 2.24) is 9.80 Å². The van der Waals surface area contributed by atoms with E-state index in [-0.39, 0.29) is 11.3 Å². The summed E-state index contributed by atoms with van der Waals surface area (Å²) in [5.74, 6) is 0.244. The van der Waals surface area contributed by atoms with Crippen LogP contribution in [0.25, 0.3) is 0 Å². The molecule has 2 fully saturated rings. The second kappa shape index (κ2) is 5.33. The van der Waals surface area contributed by atoms with Crippen LogP contribution in [0.3, 0.4) is 0 Å². The topological polar surface area (TPSA) is 58.8 Å². The molecule has 0 bridgehead atoms. The van der Waals surface area contributed by atoms with Crippen LogP contribution in [0, 0.1) is 5.41 Å². The number of carbonyl (C=O) groups is 1. The fraction of sp³-hybridized carbons (Fsp3) is 0.917. The summed E-state index contributed by atoms with van der Waals surface area (Å²) >= 11 is 0. The number of hydrogen-bond donors (Lipinski definition) is 1. The number of piperazine rings is 1. The van der Waals surface area contributed by atoms with Gasteiger partial charge in [0.05, 0.1) is 6.61 Å². The van der Waals surface area contributed by atoms with Crippen LogP contribution in [0.5, 0.6) is 0 Å². The molecule has 2 saturated heterocycles. The fourth-order valence-corrected chi connectivity index (χ4v) is 2.51. The van der Waals surface area contributed by atoms with Crippen LogP contribution in [0.15, 0.2) is 0 Å². The highest BCUT2D eigenvalue weighted by Gasteiger charge is 2.37. The minimum Gasteiger partial charge on any atom is -0.381 e. The van der Waals surface area contributed by atoms with Crippen LogP contribution in [-0.4, -0.2) is 68.7 Å². The van der Waals surface area contributed by atoms with Gasteiger partial charge in [-0.15, -0.1) is 0 Å². The van der Waals surface area contributed by atoms with Crippen LogP contribution >= 0.6 is 0 Å². The number of rotatable bonds is 3. The Morgan fingerprint density at radius 1 is 1.35 bits per heavy atom. The Hall–Kier alpha value is -0.650. The molecule has 0 aromatic rings. The summed E-state index contributed by atoms with van der Waals surface area (Å²) in [5.41, 5.74) is 5.71. The summed E-state index contributed by atoms with van der Waals surface area (Å²) < 4.78 is 5.40. The van der Waals surface area contributed by atoms with Gasteiger partial charge < -0.3 is 20.3 Å². The molecule has 0 spiro atoms. The van der Waals surface area contributed by atoms with Crippen molar-refractivity contribution in [2.24, 2.45) is 11.1 Å². The standard InChI is InChI=1S/C12H23N3O2/c1-14-3-5-15(6-4-14)11(16)8-12(9-13)2-7-17-10-12/h2-10,13H2,1H3. The molecule has 2 aliphatic rings. The van der Waals surface area contributed by atoms with E-state index in [1.807, 2.05) is 4.90 Å². The molecule has 2 N–H and O–H groups in total.